The fraction of sp³-hybridized carbons (Fsp3) is 0.476. The van der Waals surface area contributed by atoms with Crippen LogP contribution in [0.2, 0.25) is 0 Å². The smallest absolute Gasteiger partial charge is 0.236 e. The van der Waals surface area contributed by atoms with Crippen molar-refractivity contribution in [2.45, 2.75) is 38.6 Å². The molecule has 2 aromatic rings. The summed E-state index contributed by atoms with van der Waals surface area (Å²) in [6, 6.07) is 9.82. The molecule has 1 unspecified atom stereocenters. The molecular weight excluding hydrogens is 338 g/mol. The highest BCUT2D eigenvalue weighted by Crippen LogP contribution is 2.24. The second-order valence-electron chi connectivity index (χ2n) is 7.06. The monoisotopic (exact) mass is 365 g/mol. The van der Waals surface area contributed by atoms with Crippen molar-refractivity contribution in [2.75, 3.05) is 26.2 Å². The molecule has 0 spiro atoms. The number of hydrogen-bond acceptors (Lipinski definition) is 4. The zero-order valence-corrected chi connectivity index (χ0v) is 15.9. The van der Waals surface area contributed by atoms with Gasteiger partial charge in [0, 0.05) is 32.0 Å². The lowest BCUT2D eigenvalue weighted by molar-refractivity contribution is -0.137. The van der Waals surface area contributed by atoms with Gasteiger partial charge in [-0.3, -0.25) is 9.69 Å². The van der Waals surface area contributed by atoms with E-state index in [1.165, 1.54) is 12.8 Å². The number of nitrogens with one attached hydrogen (secondary N) is 1. The van der Waals surface area contributed by atoms with Crippen molar-refractivity contribution in [3.05, 3.63) is 53.6 Å². The molecule has 1 amide bonds. The van der Waals surface area contributed by atoms with E-state index in [1.54, 1.807) is 6.20 Å². The number of carbonyl (C=O) groups excluding carboxylic acids is 1. The minimum Gasteiger partial charge on any atom is -0.347 e. The number of nitriles is 1. The Kier molecular flexibility index (Phi) is 6.61. The largest absolute Gasteiger partial charge is 0.347 e. The van der Waals surface area contributed by atoms with E-state index in [0.717, 1.165) is 43.9 Å². The molecule has 27 heavy (non-hydrogen) atoms. The van der Waals surface area contributed by atoms with Gasteiger partial charge in [0.1, 0.15) is 5.82 Å². The first-order valence-corrected chi connectivity index (χ1v) is 9.71. The van der Waals surface area contributed by atoms with Crippen LogP contribution in [0.5, 0.6) is 0 Å². The summed E-state index contributed by atoms with van der Waals surface area (Å²) in [7, 11) is 0. The van der Waals surface area contributed by atoms with Gasteiger partial charge in [-0.15, -0.1) is 0 Å². The molecule has 0 bridgehead atoms. The Hall–Kier alpha value is -2.65. The number of aromatic amines is 1. The number of unbranched alkanes of at least 4 members (excludes halogenated alkanes) is 2. The van der Waals surface area contributed by atoms with E-state index in [9.17, 15) is 4.79 Å². The summed E-state index contributed by atoms with van der Waals surface area (Å²) >= 11 is 0. The quantitative estimate of drug-likeness (QED) is 0.730. The number of hydrogen-bond donors (Lipinski definition) is 1. The summed E-state index contributed by atoms with van der Waals surface area (Å²) in [6.07, 6.45) is 7.74. The van der Waals surface area contributed by atoms with Gasteiger partial charge in [0.05, 0.1) is 24.2 Å². The molecule has 1 saturated heterocycles. The standard InChI is InChI=1S/C21H27N5O/c1-2-3-4-11-25-12-13-26(16-20(25)27)19(21-23-9-10-24-21)14-17-5-7-18(15-22)8-6-17/h5-10,19H,2-4,11-14,16H2,1H3,(H,23,24). The van der Waals surface area contributed by atoms with Crippen LogP contribution in [0.4, 0.5) is 0 Å². The van der Waals surface area contributed by atoms with E-state index in [-0.39, 0.29) is 11.9 Å². The van der Waals surface area contributed by atoms with Gasteiger partial charge in [-0.1, -0.05) is 31.9 Å². The van der Waals surface area contributed by atoms with Gasteiger partial charge in [-0.2, -0.15) is 5.26 Å². The molecule has 1 aliphatic rings. The molecule has 6 nitrogen and oxygen atoms in total. The number of aromatic nitrogens is 2. The van der Waals surface area contributed by atoms with Gasteiger partial charge in [-0.05, 0) is 30.5 Å². The first kappa shape index (κ1) is 19.1. The Bertz CT molecular complexity index is 763. The predicted octanol–water partition coefficient (Wildman–Crippen LogP) is 2.90. The molecule has 1 fully saturated rings. The Morgan fingerprint density at radius 2 is 2.07 bits per heavy atom. The lowest BCUT2D eigenvalue weighted by Gasteiger charge is -2.38. The fourth-order valence-electron chi connectivity index (χ4n) is 3.58. The number of rotatable bonds is 8. The van der Waals surface area contributed by atoms with Crippen LogP contribution in [-0.4, -0.2) is 51.9 Å². The van der Waals surface area contributed by atoms with Crippen molar-refractivity contribution < 1.29 is 4.79 Å². The van der Waals surface area contributed by atoms with E-state index >= 15 is 0 Å². The maximum atomic E-state index is 12.6. The Balaban J connectivity index is 1.69. The minimum atomic E-state index is 0.0228. The van der Waals surface area contributed by atoms with Crippen LogP contribution >= 0.6 is 0 Å². The van der Waals surface area contributed by atoms with Crippen LogP contribution in [0.3, 0.4) is 0 Å². The SMILES string of the molecule is CCCCCN1CCN(C(Cc2ccc(C#N)cc2)c2ncc[nH]2)CC1=O. The number of carbonyl (C=O) groups is 1. The molecular formula is C21H27N5O. The summed E-state index contributed by atoms with van der Waals surface area (Å²) in [5, 5.41) is 8.98. The van der Waals surface area contributed by atoms with Crippen molar-refractivity contribution in [3.8, 4) is 6.07 Å². The second-order valence-corrected chi connectivity index (χ2v) is 7.06. The van der Waals surface area contributed by atoms with Crippen LogP contribution in [-0.2, 0) is 11.2 Å². The fourth-order valence-corrected chi connectivity index (χ4v) is 3.58. The molecule has 0 aliphatic carbocycles. The topological polar surface area (TPSA) is 76.0 Å². The highest BCUT2D eigenvalue weighted by atomic mass is 16.2. The van der Waals surface area contributed by atoms with Crippen molar-refractivity contribution in [3.63, 3.8) is 0 Å². The van der Waals surface area contributed by atoms with Crippen LogP contribution in [0.15, 0.2) is 36.7 Å². The Morgan fingerprint density at radius 3 is 2.70 bits per heavy atom. The van der Waals surface area contributed by atoms with E-state index in [2.05, 4.69) is 27.9 Å². The molecule has 1 aromatic heterocycles. The Morgan fingerprint density at radius 1 is 1.26 bits per heavy atom. The third kappa shape index (κ3) is 4.95. The zero-order chi connectivity index (χ0) is 19.1. The normalized spacial score (nSPS) is 16.3. The molecule has 142 valence electrons. The van der Waals surface area contributed by atoms with Crippen molar-refractivity contribution in [2.24, 2.45) is 0 Å². The van der Waals surface area contributed by atoms with Gasteiger partial charge in [0.2, 0.25) is 5.91 Å². The van der Waals surface area contributed by atoms with Gasteiger partial charge in [-0.25, -0.2) is 4.98 Å². The first-order chi connectivity index (χ1) is 13.2. The van der Waals surface area contributed by atoms with Gasteiger partial charge >= 0.3 is 0 Å². The van der Waals surface area contributed by atoms with Crippen LogP contribution in [0.25, 0.3) is 0 Å². The summed E-state index contributed by atoms with van der Waals surface area (Å²) in [5.74, 6) is 1.08. The lowest BCUT2D eigenvalue weighted by atomic mass is 10.0. The highest BCUT2D eigenvalue weighted by molar-refractivity contribution is 5.79. The molecule has 1 aliphatic heterocycles. The molecule has 1 aromatic carbocycles. The van der Waals surface area contributed by atoms with Gasteiger partial charge < -0.3 is 9.88 Å². The molecule has 3 rings (SSSR count). The van der Waals surface area contributed by atoms with Crippen LogP contribution in [0.1, 0.15) is 49.2 Å². The zero-order valence-electron chi connectivity index (χ0n) is 15.9. The van der Waals surface area contributed by atoms with E-state index in [1.807, 2.05) is 35.4 Å². The molecule has 2 heterocycles. The van der Waals surface area contributed by atoms with Crippen LogP contribution < -0.4 is 0 Å². The second kappa shape index (κ2) is 9.33. The molecule has 1 atom stereocenters. The maximum absolute atomic E-state index is 12.6. The first-order valence-electron chi connectivity index (χ1n) is 9.71. The average Bonchev–Trinajstić information content (AvgIpc) is 3.22. The number of amides is 1. The number of benzene rings is 1. The predicted molar refractivity (Wildman–Crippen MR) is 104 cm³/mol. The highest BCUT2D eigenvalue weighted by Gasteiger charge is 2.30. The third-order valence-electron chi connectivity index (χ3n) is 5.17. The minimum absolute atomic E-state index is 0.0228. The summed E-state index contributed by atoms with van der Waals surface area (Å²) in [4.78, 5) is 24.5. The van der Waals surface area contributed by atoms with Gasteiger partial charge in [0.15, 0.2) is 0 Å². The lowest BCUT2D eigenvalue weighted by Crippen LogP contribution is -2.51. The molecule has 6 heteroatoms. The number of imidazole rings is 1. The van der Waals surface area contributed by atoms with E-state index < -0.39 is 0 Å². The van der Waals surface area contributed by atoms with Crippen molar-refractivity contribution in [1.29, 1.82) is 5.26 Å². The maximum Gasteiger partial charge on any atom is 0.236 e. The molecule has 1 N–H and O–H groups in total. The molecule has 0 radical (unpaired) electrons. The Labute approximate surface area is 160 Å². The number of nitrogens with zero attached hydrogens (tertiary/aromatic N) is 4. The van der Waals surface area contributed by atoms with Crippen molar-refractivity contribution in [1.82, 2.24) is 19.8 Å². The van der Waals surface area contributed by atoms with Crippen LogP contribution in [0, 0.1) is 11.3 Å². The average molecular weight is 365 g/mol. The van der Waals surface area contributed by atoms with Gasteiger partial charge in [0.25, 0.3) is 0 Å². The summed E-state index contributed by atoms with van der Waals surface area (Å²) < 4.78 is 0. The van der Waals surface area contributed by atoms with Crippen molar-refractivity contribution >= 4 is 5.91 Å². The number of H-pyrrole nitrogens is 1. The van der Waals surface area contributed by atoms with E-state index in [4.69, 9.17) is 5.26 Å². The van der Waals surface area contributed by atoms with E-state index in [0.29, 0.717) is 12.1 Å². The molecule has 0 saturated carbocycles. The number of piperazine rings is 1. The summed E-state index contributed by atoms with van der Waals surface area (Å²) in [5.41, 5.74) is 1.79. The summed E-state index contributed by atoms with van der Waals surface area (Å²) in [6.45, 7) is 5.08. The third-order valence-corrected chi connectivity index (χ3v) is 5.17.